The molecule has 0 aliphatic heterocycles. The number of nitrogens with zero attached hydrogens (tertiary/aromatic N) is 1. The Morgan fingerprint density at radius 3 is 2.25 bits per heavy atom. The van der Waals surface area contributed by atoms with Gasteiger partial charge in [-0.1, -0.05) is 0 Å². The van der Waals surface area contributed by atoms with Crippen molar-refractivity contribution in [3.63, 3.8) is 0 Å². The van der Waals surface area contributed by atoms with Crippen molar-refractivity contribution in [3.8, 4) is 5.75 Å². The zero-order valence-electron chi connectivity index (χ0n) is 12.0. The lowest BCUT2D eigenvalue weighted by atomic mass is 10.1. The van der Waals surface area contributed by atoms with E-state index in [0.29, 0.717) is 23.3 Å². The van der Waals surface area contributed by atoms with Gasteiger partial charge < -0.3 is 9.47 Å². The minimum absolute atomic E-state index is 0.0213. The predicted molar refractivity (Wildman–Crippen MR) is 74.3 cm³/mol. The second kappa shape index (κ2) is 6.71. The van der Waals surface area contributed by atoms with Gasteiger partial charge in [-0.05, 0) is 37.1 Å². The predicted octanol–water partition coefficient (Wildman–Crippen LogP) is 1.11. The van der Waals surface area contributed by atoms with Crippen LogP contribution in [0.2, 0.25) is 0 Å². The molecule has 0 aromatic heterocycles. The molecule has 0 aliphatic carbocycles. The Morgan fingerprint density at radius 1 is 1.25 bits per heavy atom. The van der Waals surface area contributed by atoms with E-state index in [1.165, 1.54) is 14.2 Å². The van der Waals surface area contributed by atoms with E-state index in [9.17, 15) is 13.2 Å². The number of likely N-dealkylation sites (N-methyl/N-ethyl adjacent to an activating group) is 1. The van der Waals surface area contributed by atoms with Crippen molar-refractivity contribution in [1.82, 2.24) is 4.31 Å². The van der Waals surface area contributed by atoms with Crippen LogP contribution in [0.1, 0.15) is 11.1 Å². The second-order valence-corrected chi connectivity index (χ2v) is 6.37. The van der Waals surface area contributed by atoms with Gasteiger partial charge in [0.05, 0.1) is 12.0 Å². The first-order valence-electron chi connectivity index (χ1n) is 6.01. The largest absolute Gasteiger partial charge is 0.497 e. The summed E-state index contributed by atoms with van der Waals surface area (Å²) in [6.45, 7) is 3.86. The molecule has 6 nitrogen and oxygen atoms in total. The Kier molecular flexibility index (Phi) is 5.52. The summed E-state index contributed by atoms with van der Waals surface area (Å²) in [7, 11) is -0.640. The van der Waals surface area contributed by atoms with Gasteiger partial charge in [-0.25, -0.2) is 8.42 Å². The van der Waals surface area contributed by atoms with Gasteiger partial charge in [0, 0.05) is 13.6 Å². The first-order chi connectivity index (χ1) is 9.34. The van der Waals surface area contributed by atoms with E-state index in [-0.39, 0.29) is 18.0 Å². The van der Waals surface area contributed by atoms with Crippen LogP contribution >= 0.6 is 0 Å². The van der Waals surface area contributed by atoms with Crippen molar-refractivity contribution in [2.24, 2.45) is 0 Å². The number of carbonyl (C=O) groups excluding carboxylic acids is 1. The molecule has 0 atom stereocenters. The van der Waals surface area contributed by atoms with Crippen LogP contribution in [0, 0.1) is 13.8 Å². The highest BCUT2D eigenvalue weighted by atomic mass is 32.2. The molecule has 0 unspecified atom stereocenters. The molecule has 0 fully saturated rings. The fourth-order valence-electron chi connectivity index (χ4n) is 1.94. The molecule has 0 spiro atoms. The van der Waals surface area contributed by atoms with Crippen LogP contribution in [0.5, 0.6) is 5.75 Å². The fraction of sp³-hybridized carbons (Fsp3) is 0.462. The number of hydrogen-bond acceptors (Lipinski definition) is 5. The van der Waals surface area contributed by atoms with Gasteiger partial charge in [0.1, 0.15) is 12.4 Å². The highest BCUT2D eigenvalue weighted by Crippen LogP contribution is 2.27. The van der Waals surface area contributed by atoms with Crippen molar-refractivity contribution in [1.29, 1.82) is 0 Å². The minimum atomic E-state index is -3.62. The normalized spacial score (nSPS) is 11.4. The second-order valence-electron chi connectivity index (χ2n) is 4.38. The molecule has 0 N–H and O–H groups in total. The topological polar surface area (TPSA) is 72.9 Å². The van der Waals surface area contributed by atoms with Gasteiger partial charge in [-0.15, -0.1) is 0 Å². The zero-order chi connectivity index (χ0) is 15.3. The van der Waals surface area contributed by atoms with E-state index in [1.807, 2.05) is 0 Å². The molecule has 1 aromatic carbocycles. The summed E-state index contributed by atoms with van der Waals surface area (Å²) in [6.07, 6.45) is 0. The minimum Gasteiger partial charge on any atom is -0.497 e. The lowest BCUT2D eigenvalue weighted by molar-refractivity contribution is -0.128. The number of aryl methyl sites for hydroxylation is 2. The van der Waals surface area contributed by atoms with Crippen LogP contribution in [0.15, 0.2) is 17.0 Å². The third-order valence-corrected chi connectivity index (χ3v) is 5.09. The van der Waals surface area contributed by atoms with Crippen LogP contribution in [0.25, 0.3) is 0 Å². The average molecular weight is 301 g/mol. The van der Waals surface area contributed by atoms with Crippen molar-refractivity contribution in [3.05, 3.63) is 23.3 Å². The smallest absolute Gasteiger partial charge is 0.293 e. The third kappa shape index (κ3) is 3.49. The first kappa shape index (κ1) is 16.5. The molecule has 7 heteroatoms. The molecule has 0 saturated carbocycles. The Hall–Kier alpha value is -1.60. The standard InChI is InChI=1S/C13H19NO5S/c1-10-7-12(18-4)8-11(2)13(10)20(16,17)14(3)5-6-19-9-15/h7-9H,5-6H2,1-4H3. The fourth-order valence-corrected chi connectivity index (χ4v) is 3.50. The molecular formula is C13H19NO5S. The summed E-state index contributed by atoms with van der Waals surface area (Å²) in [5.41, 5.74) is 1.23. The van der Waals surface area contributed by atoms with Crippen LogP contribution in [-0.2, 0) is 19.6 Å². The zero-order valence-corrected chi connectivity index (χ0v) is 12.9. The molecule has 0 heterocycles. The molecule has 0 saturated heterocycles. The van der Waals surface area contributed by atoms with Crippen LogP contribution in [0.3, 0.4) is 0 Å². The molecule has 20 heavy (non-hydrogen) atoms. The van der Waals surface area contributed by atoms with E-state index in [4.69, 9.17) is 4.74 Å². The van der Waals surface area contributed by atoms with Crippen molar-refractivity contribution < 1.29 is 22.7 Å². The van der Waals surface area contributed by atoms with Crippen molar-refractivity contribution in [2.75, 3.05) is 27.3 Å². The Morgan fingerprint density at radius 2 is 1.80 bits per heavy atom. The third-order valence-electron chi connectivity index (χ3n) is 2.93. The monoisotopic (exact) mass is 301 g/mol. The molecule has 0 bridgehead atoms. The van der Waals surface area contributed by atoms with Gasteiger partial charge in [-0.3, -0.25) is 4.79 Å². The van der Waals surface area contributed by atoms with Gasteiger partial charge >= 0.3 is 0 Å². The number of hydrogen-bond donors (Lipinski definition) is 0. The summed E-state index contributed by atoms with van der Waals surface area (Å²) in [4.78, 5) is 10.3. The van der Waals surface area contributed by atoms with Crippen molar-refractivity contribution in [2.45, 2.75) is 18.7 Å². The maximum atomic E-state index is 12.5. The molecule has 0 aliphatic rings. The summed E-state index contributed by atoms with van der Waals surface area (Å²) in [5.74, 6) is 0.617. The number of methoxy groups -OCH3 is 1. The van der Waals surface area contributed by atoms with E-state index in [0.717, 1.165) is 4.31 Å². The SMILES string of the molecule is COc1cc(C)c(S(=O)(=O)N(C)CCOC=O)c(C)c1. The summed E-state index contributed by atoms with van der Waals surface area (Å²) in [6, 6.07) is 3.35. The van der Waals surface area contributed by atoms with Gasteiger partial charge in [0.15, 0.2) is 0 Å². The number of sulfonamides is 1. The summed E-state index contributed by atoms with van der Waals surface area (Å²) in [5, 5.41) is 0. The molecule has 1 aromatic rings. The molecular weight excluding hydrogens is 282 g/mol. The summed E-state index contributed by atoms with van der Waals surface area (Å²) < 4.78 is 35.8. The lowest BCUT2D eigenvalue weighted by Crippen LogP contribution is -2.31. The molecule has 0 amide bonds. The van der Waals surface area contributed by atoms with Gasteiger partial charge in [0.2, 0.25) is 10.0 Å². The Bertz CT molecular complexity index is 559. The van der Waals surface area contributed by atoms with Crippen LogP contribution in [-0.4, -0.2) is 46.5 Å². The maximum Gasteiger partial charge on any atom is 0.293 e. The Labute approximate surface area is 119 Å². The van der Waals surface area contributed by atoms with Crippen LogP contribution < -0.4 is 4.74 Å². The molecule has 112 valence electrons. The highest BCUT2D eigenvalue weighted by Gasteiger charge is 2.25. The quantitative estimate of drug-likeness (QED) is 0.557. The lowest BCUT2D eigenvalue weighted by Gasteiger charge is -2.20. The van der Waals surface area contributed by atoms with Crippen molar-refractivity contribution >= 4 is 16.5 Å². The Balaban J connectivity index is 3.12. The molecule has 0 radical (unpaired) electrons. The number of ether oxygens (including phenoxy) is 2. The highest BCUT2D eigenvalue weighted by molar-refractivity contribution is 7.89. The van der Waals surface area contributed by atoms with E-state index < -0.39 is 10.0 Å². The number of rotatable bonds is 7. The van der Waals surface area contributed by atoms with Gasteiger partial charge in [0.25, 0.3) is 6.47 Å². The van der Waals surface area contributed by atoms with E-state index in [1.54, 1.807) is 26.0 Å². The number of benzene rings is 1. The average Bonchev–Trinajstić information content (AvgIpc) is 2.37. The number of carbonyl (C=O) groups is 1. The summed E-state index contributed by atoms with van der Waals surface area (Å²) >= 11 is 0. The first-order valence-corrected chi connectivity index (χ1v) is 7.45. The van der Waals surface area contributed by atoms with Gasteiger partial charge in [-0.2, -0.15) is 4.31 Å². The maximum absolute atomic E-state index is 12.5. The van der Waals surface area contributed by atoms with E-state index in [2.05, 4.69) is 4.74 Å². The van der Waals surface area contributed by atoms with E-state index >= 15 is 0 Å². The molecule has 1 rings (SSSR count). The van der Waals surface area contributed by atoms with Crippen LogP contribution in [0.4, 0.5) is 0 Å².